The molecule has 0 atom stereocenters. The first-order valence-corrected chi connectivity index (χ1v) is 6.68. The Kier molecular flexibility index (Phi) is 5.61. The van der Waals surface area contributed by atoms with Crippen LogP contribution in [0.25, 0.3) is 0 Å². The molecule has 0 N–H and O–H groups in total. The molecule has 1 rings (SSSR count). The van der Waals surface area contributed by atoms with Crippen LogP contribution in [0.3, 0.4) is 0 Å². The average Bonchev–Trinajstić information content (AvgIpc) is 2.21. The highest BCUT2D eigenvalue weighted by atomic mass is 79.9. The van der Waals surface area contributed by atoms with Gasteiger partial charge in [-0.05, 0) is 35.0 Å². The Bertz CT molecular complexity index is 348. The Morgan fingerprint density at radius 2 is 2.12 bits per heavy atom. The third-order valence-corrected chi connectivity index (χ3v) is 3.24. The number of halogens is 4. The third kappa shape index (κ3) is 3.97. The van der Waals surface area contributed by atoms with Gasteiger partial charge >= 0.3 is 0 Å². The van der Waals surface area contributed by atoms with Gasteiger partial charge in [0, 0.05) is 16.3 Å². The molecule has 16 heavy (non-hydrogen) atoms. The van der Waals surface area contributed by atoms with Crippen LogP contribution in [-0.4, -0.2) is 29.8 Å². The van der Waals surface area contributed by atoms with E-state index in [0.717, 1.165) is 10.2 Å². The monoisotopic (exact) mass is 356 g/mol. The first-order chi connectivity index (χ1) is 7.54. The summed E-state index contributed by atoms with van der Waals surface area (Å²) in [6, 6.07) is 3.56. The quantitative estimate of drug-likeness (QED) is 0.748. The number of aromatic nitrogens is 1. The van der Waals surface area contributed by atoms with Gasteiger partial charge in [0.15, 0.2) is 0 Å². The zero-order chi connectivity index (χ0) is 12.1. The molecule has 0 amide bonds. The van der Waals surface area contributed by atoms with E-state index in [1.807, 2.05) is 13.0 Å². The Balaban J connectivity index is 2.87. The maximum atomic E-state index is 12.4. The number of rotatable bonds is 5. The van der Waals surface area contributed by atoms with E-state index in [9.17, 15) is 8.78 Å². The molecule has 0 aliphatic heterocycles. The second-order valence-electron chi connectivity index (χ2n) is 3.26. The lowest BCUT2D eigenvalue weighted by Gasteiger charge is -2.22. The Labute approximate surface area is 110 Å². The van der Waals surface area contributed by atoms with E-state index < -0.39 is 6.43 Å². The van der Waals surface area contributed by atoms with E-state index in [2.05, 4.69) is 36.8 Å². The SMILES string of the molecule is Cc1nc(N(CCBr)CC(F)F)ccc1Br. The van der Waals surface area contributed by atoms with Gasteiger partial charge in [-0.25, -0.2) is 13.8 Å². The summed E-state index contributed by atoms with van der Waals surface area (Å²) in [5.41, 5.74) is 0.798. The summed E-state index contributed by atoms with van der Waals surface area (Å²) in [5.74, 6) is 0.584. The van der Waals surface area contributed by atoms with Gasteiger partial charge in [-0.2, -0.15) is 0 Å². The van der Waals surface area contributed by atoms with Crippen LogP contribution in [-0.2, 0) is 0 Å². The number of aryl methyl sites for hydroxylation is 1. The van der Waals surface area contributed by atoms with Gasteiger partial charge in [-0.1, -0.05) is 15.9 Å². The van der Waals surface area contributed by atoms with Crippen LogP contribution in [0.5, 0.6) is 0 Å². The molecule has 0 saturated heterocycles. The summed E-state index contributed by atoms with van der Waals surface area (Å²) >= 11 is 6.58. The lowest BCUT2D eigenvalue weighted by atomic mass is 10.3. The fourth-order valence-corrected chi connectivity index (χ4v) is 1.92. The van der Waals surface area contributed by atoms with Crippen LogP contribution in [0.4, 0.5) is 14.6 Å². The van der Waals surface area contributed by atoms with Crippen molar-refractivity contribution in [3.8, 4) is 0 Å². The van der Waals surface area contributed by atoms with Crippen LogP contribution in [0.1, 0.15) is 5.69 Å². The second-order valence-corrected chi connectivity index (χ2v) is 4.91. The number of pyridine rings is 1. The maximum absolute atomic E-state index is 12.4. The van der Waals surface area contributed by atoms with Gasteiger partial charge in [-0.3, -0.25) is 0 Å². The predicted molar refractivity (Wildman–Crippen MR) is 68.7 cm³/mol. The Hall–Kier alpha value is -0.230. The predicted octanol–water partition coefficient (Wildman–Crippen LogP) is 3.62. The lowest BCUT2D eigenvalue weighted by molar-refractivity contribution is 0.155. The van der Waals surface area contributed by atoms with E-state index in [1.54, 1.807) is 11.0 Å². The smallest absolute Gasteiger partial charge is 0.255 e. The minimum absolute atomic E-state index is 0.292. The molecule has 1 heterocycles. The van der Waals surface area contributed by atoms with Gasteiger partial charge in [0.1, 0.15) is 5.82 Å². The Morgan fingerprint density at radius 3 is 2.62 bits per heavy atom. The largest absolute Gasteiger partial charge is 0.350 e. The summed E-state index contributed by atoms with van der Waals surface area (Å²) in [5, 5.41) is 0.635. The summed E-state index contributed by atoms with van der Waals surface area (Å²) < 4.78 is 25.6. The summed E-state index contributed by atoms with van der Waals surface area (Å²) in [6.07, 6.45) is -2.36. The molecular formula is C10H12Br2F2N2. The zero-order valence-electron chi connectivity index (χ0n) is 8.76. The molecule has 2 nitrogen and oxygen atoms in total. The van der Waals surface area contributed by atoms with E-state index in [0.29, 0.717) is 17.7 Å². The molecule has 0 radical (unpaired) electrons. The van der Waals surface area contributed by atoms with Gasteiger partial charge in [0.25, 0.3) is 6.43 Å². The minimum Gasteiger partial charge on any atom is -0.350 e. The third-order valence-electron chi connectivity index (χ3n) is 2.04. The standard InChI is InChI=1S/C10H12Br2F2N2/c1-7-8(12)2-3-10(15-7)16(5-4-11)6-9(13)14/h2-3,9H,4-6H2,1H3. The average molecular weight is 358 g/mol. The van der Waals surface area contributed by atoms with Crippen molar-refractivity contribution < 1.29 is 8.78 Å². The molecule has 0 aliphatic rings. The van der Waals surface area contributed by atoms with Crippen molar-refractivity contribution in [1.82, 2.24) is 4.98 Å². The van der Waals surface area contributed by atoms with Crippen molar-refractivity contribution in [2.24, 2.45) is 0 Å². The number of alkyl halides is 3. The van der Waals surface area contributed by atoms with Gasteiger partial charge < -0.3 is 4.90 Å². The van der Waals surface area contributed by atoms with E-state index in [4.69, 9.17) is 0 Å². The van der Waals surface area contributed by atoms with E-state index >= 15 is 0 Å². The first kappa shape index (κ1) is 13.8. The molecule has 1 aromatic heterocycles. The molecule has 0 aliphatic carbocycles. The molecule has 0 unspecified atom stereocenters. The van der Waals surface area contributed by atoms with Crippen molar-refractivity contribution >= 4 is 37.7 Å². The van der Waals surface area contributed by atoms with Crippen molar-refractivity contribution in [3.63, 3.8) is 0 Å². The van der Waals surface area contributed by atoms with Gasteiger partial charge in [0.2, 0.25) is 0 Å². The molecular weight excluding hydrogens is 346 g/mol. The Morgan fingerprint density at radius 1 is 1.44 bits per heavy atom. The van der Waals surface area contributed by atoms with Crippen LogP contribution in [0.15, 0.2) is 16.6 Å². The highest BCUT2D eigenvalue weighted by Gasteiger charge is 2.13. The lowest BCUT2D eigenvalue weighted by Crippen LogP contribution is -2.31. The molecule has 6 heteroatoms. The van der Waals surface area contributed by atoms with Crippen molar-refractivity contribution in [1.29, 1.82) is 0 Å². The minimum atomic E-state index is -2.36. The summed E-state index contributed by atoms with van der Waals surface area (Å²) in [6.45, 7) is 2.06. The number of nitrogens with zero attached hydrogens (tertiary/aromatic N) is 2. The summed E-state index contributed by atoms with van der Waals surface area (Å²) in [7, 11) is 0. The zero-order valence-corrected chi connectivity index (χ0v) is 11.9. The van der Waals surface area contributed by atoms with Crippen molar-refractivity contribution in [3.05, 3.63) is 22.3 Å². The maximum Gasteiger partial charge on any atom is 0.255 e. The highest BCUT2D eigenvalue weighted by molar-refractivity contribution is 9.10. The van der Waals surface area contributed by atoms with Crippen LogP contribution in [0.2, 0.25) is 0 Å². The molecule has 0 aromatic carbocycles. The van der Waals surface area contributed by atoms with Crippen molar-refractivity contribution in [2.45, 2.75) is 13.3 Å². The molecule has 0 spiro atoms. The summed E-state index contributed by atoms with van der Waals surface area (Å²) in [4.78, 5) is 5.84. The molecule has 1 aromatic rings. The second kappa shape index (κ2) is 6.49. The number of hydrogen-bond acceptors (Lipinski definition) is 2. The molecule has 0 fully saturated rings. The van der Waals surface area contributed by atoms with Crippen LogP contribution >= 0.6 is 31.9 Å². The number of hydrogen-bond donors (Lipinski definition) is 0. The topological polar surface area (TPSA) is 16.1 Å². The number of anilines is 1. The fraction of sp³-hybridized carbons (Fsp3) is 0.500. The molecule has 0 bridgehead atoms. The molecule has 0 saturated carbocycles. The van der Waals surface area contributed by atoms with E-state index in [-0.39, 0.29) is 6.54 Å². The van der Waals surface area contributed by atoms with Crippen LogP contribution < -0.4 is 4.90 Å². The van der Waals surface area contributed by atoms with Gasteiger partial charge in [0.05, 0.1) is 12.2 Å². The van der Waals surface area contributed by atoms with Crippen molar-refractivity contribution in [2.75, 3.05) is 23.3 Å². The first-order valence-electron chi connectivity index (χ1n) is 4.76. The van der Waals surface area contributed by atoms with Gasteiger partial charge in [-0.15, -0.1) is 0 Å². The van der Waals surface area contributed by atoms with Crippen LogP contribution in [0, 0.1) is 6.92 Å². The normalized spacial score (nSPS) is 10.9. The highest BCUT2D eigenvalue weighted by Crippen LogP contribution is 2.19. The van der Waals surface area contributed by atoms with E-state index in [1.165, 1.54) is 0 Å². The fourth-order valence-electron chi connectivity index (χ4n) is 1.27. The molecule has 90 valence electrons.